The fraction of sp³-hybridized carbons (Fsp3) is 0.286. The summed E-state index contributed by atoms with van der Waals surface area (Å²) in [5.74, 6) is -0.833. The Hall–Kier alpha value is -2.10. The number of carboxylic acid groups (broad SMARTS) is 1. The molecule has 0 spiro atoms. The van der Waals surface area contributed by atoms with Crippen LogP contribution in [0.15, 0.2) is 36.5 Å². The molecule has 0 radical (unpaired) electrons. The van der Waals surface area contributed by atoms with Crippen LogP contribution in [0.2, 0.25) is 0 Å². The molecule has 1 aromatic heterocycles. The van der Waals surface area contributed by atoms with E-state index in [1.54, 1.807) is 12.3 Å². The van der Waals surface area contributed by atoms with Crippen molar-refractivity contribution in [3.05, 3.63) is 36.5 Å². The van der Waals surface area contributed by atoms with E-state index in [9.17, 15) is 9.90 Å². The normalized spacial score (nSPS) is 12.6. The Morgan fingerprint density at radius 2 is 2.00 bits per heavy atom. The van der Waals surface area contributed by atoms with Crippen molar-refractivity contribution in [2.45, 2.75) is 19.9 Å². The van der Waals surface area contributed by atoms with Crippen LogP contribution in [-0.2, 0) is 4.79 Å². The molecule has 0 aliphatic carbocycles. The smallest absolute Gasteiger partial charge is 0.326 e. The average molecular weight is 244 g/mol. The SMILES string of the molecule is CC(C)[C@@H](Nc1ccnc2ccccc12)C(=O)O. The van der Waals surface area contributed by atoms with Crippen molar-refractivity contribution < 1.29 is 9.90 Å². The molecular weight excluding hydrogens is 228 g/mol. The number of nitrogens with zero attached hydrogens (tertiary/aromatic N) is 1. The molecule has 2 aromatic rings. The highest BCUT2D eigenvalue weighted by Crippen LogP contribution is 2.23. The third kappa shape index (κ3) is 2.42. The van der Waals surface area contributed by atoms with E-state index in [0.29, 0.717) is 0 Å². The summed E-state index contributed by atoms with van der Waals surface area (Å²) >= 11 is 0. The quantitative estimate of drug-likeness (QED) is 0.868. The molecular formula is C14H16N2O2. The monoisotopic (exact) mass is 244 g/mol. The fourth-order valence-corrected chi connectivity index (χ4v) is 1.90. The predicted molar refractivity (Wildman–Crippen MR) is 71.6 cm³/mol. The van der Waals surface area contributed by atoms with Crippen molar-refractivity contribution in [3.63, 3.8) is 0 Å². The number of benzene rings is 1. The number of hydrogen-bond acceptors (Lipinski definition) is 3. The zero-order valence-electron chi connectivity index (χ0n) is 10.4. The van der Waals surface area contributed by atoms with Crippen LogP contribution in [0.4, 0.5) is 5.69 Å². The van der Waals surface area contributed by atoms with E-state index >= 15 is 0 Å². The number of rotatable bonds is 4. The molecule has 0 aliphatic heterocycles. The molecule has 0 saturated carbocycles. The Kier molecular flexibility index (Phi) is 3.46. The van der Waals surface area contributed by atoms with Gasteiger partial charge in [0.1, 0.15) is 6.04 Å². The van der Waals surface area contributed by atoms with Crippen LogP contribution in [0.3, 0.4) is 0 Å². The van der Waals surface area contributed by atoms with E-state index in [2.05, 4.69) is 10.3 Å². The minimum absolute atomic E-state index is 0.00873. The summed E-state index contributed by atoms with van der Waals surface area (Å²) in [7, 11) is 0. The van der Waals surface area contributed by atoms with Crippen LogP contribution in [0.5, 0.6) is 0 Å². The standard InChI is InChI=1S/C14H16N2O2/c1-9(2)13(14(17)18)16-12-7-8-15-11-6-4-3-5-10(11)12/h3-9,13H,1-2H3,(H,15,16)(H,17,18)/t13-/m1/s1. The maximum absolute atomic E-state index is 11.2. The zero-order chi connectivity index (χ0) is 13.1. The first-order chi connectivity index (χ1) is 8.59. The first-order valence-corrected chi connectivity index (χ1v) is 5.92. The molecule has 0 unspecified atom stereocenters. The second-order valence-corrected chi connectivity index (χ2v) is 4.58. The van der Waals surface area contributed by atoms with Crippen molar-refractivity contribution >= 4 is 22.6 Å². The van der Waals surface area contributed by atoms with Gasteiger partial charge in [-0.1, -0.05) is 32.0 Å². The van der Waals surface area contributed by atoms with Gasteiger partial charge in [-0.15, -0.1) is 0 Å². The summed E-state index contributed by atoms with van der Waals surface area (Å²) in [5.41, 5.74) is 1.66. The van der Waals surface area contributed by atoms with E-state index < -0.39 is 12.0 Å². The zero-order valence-corrected chi connectivity index (χ0v) is 10.4. The highest BCUT2D eigenvalue weighted by molar-refractivity contribution is 5.92. The Bertz CT molecular complexity index is 561. The largest absolute Gasteiger partial charge is 0.480 e. The Balaban J connectivity index is 2.39. The molecule has 2 N–H and O–H groups in total. The van der Waals surface area contributed by atoms with Gasteiger partial charge < -0.3 is 10.4 Å². The fourth-order valence-electron chi connectivity index (χ4n) is 1.90. The first kappa shape index (κ1) is 12.4. The average Bonchev–Trinajstić information content (AvgIpc) is 2.35. The first-order valence-electron chi connectivity index (χ1n) is 5.92. The predicted octanol–water partition coefficient (Wildman–Crippen LogP) is 2.76. The minimum Gasteiger partial charge on any atom is -0.480 e. The van der Waals surface area contributed by atoms with E-state index in [-0.39, 0.29) is 5.92 Å². The molecule has 1 aromatic carbocycles. The number of nitrogens with one attached hydrogen (secondary N) is 1. The summed E-state index contributed by atoms with van der Waals surface area (Å²) < 4.78 is 0. The van der Waals surface area contributed by atoms with Gasteiger partial charge >= 0.3 is 5.97 Å². The summed E-state index contributed by atoms with van der Waals surface area (Å²) in [6, 6.07) is 8.88. The maximum Gasteiger partial charge on any atom is 0.326 e. The minimum atomic E-state index is -0.842. The van der Waals surface area contributed by atoms with Gasteiger partial charge in [0, 0.05) is 17.3 Å². The molecule has 0 aliphatic rings. The van der Waals surface area contributed by atoms with Crippen LogP contribution in [-0.4, -0.2) is 22.1 Å². The third-order valence-electron chi connectivity index (χ3n) is 2.89. The highest BCUT2D eigenvalue weighted by Gasteiger charge is 2.21. The third-order valence-corrected chi connectivity index (χ3v) is 2.89. The molecule has 0 amide bonds. The van der Waals surface area contributed by atoms with Gasteiger partial charge in [0.15, 0.2) is 0 Å². The number of carbonyl (C=O) groups is 1. The van der Waals surface area contributed by atoms with Crippen molar-refractivity contribution in [2.24, 2.45) is 5.92 Å². The van der Waals surface area contributed by atoms with Gasteiger partial charge in [0.2, 0.25) is 0 Å². The van der Waals surface area contributed by atoms with Crippen LogP contribution < -0.4 is 5.32 Å². The molecule has 1 atom stereocenters. The number of aliphatic carboxylic acids is 1. The van der Waals surface area contributed by atoms with Crippen molar-refractivity contribution in [2.75, 3.05) is 5.32 Å². The van der Waals surface area contributed by atoms with Gasteiger partial charge in [-0.05, 0) is 18.1 Å². The molecule has 18 heavy (non-hydrogen) atoms. The van der Waals surface area contributed by atoms with Crippen LogP contribution >= 0.6 is 0 Å². The molecule has 0 bridgehead atoms. The lowest BCUT2D eigenvalue weighted by Crippen LogP contribution is -2.34. The van der Waals surface area contributed by atoms with Gasteiger partial charge in [-0.25, -0.2) is 4.79 Å². The maximum atomic E-state index is 11.2. The number of para-hydroxylation sites is 1. The van der Waals surface area contributed by atoms with Crippen LogP contribution in [0.1, 0.15) is 13.8 Å². The molecule has 2 rings (SSSR count). The highest BCUT2D eigenvalue weighted by atomic mass is 16.4. The second kappa shape index (κ2) is 5.04. The van der Waals surface area contributed by atoms with Crippen LogP contribution in [0, 0.1) is 5.92 Å². The number of aromatic nitrogens is 1. The number of anilines is 1. The Morgan fingerprint density at radius 3 is 2.67 bits per heavy atom. The molecule has 4 heteroatoms. The summed E-state index contributed by atoms with van der Waals surface area (Å²) in [5, 5.41) is 13.2. The molecule has 0 fully saturated rings. The van der Waals surface area contributed by atoms with Gasteiger partial charge in [0.05, 0.1) is 5.52 Å². The lowest BCUT2D eigenvalue weighted by Gasteiger charge is -2.20. The second-order valence-electron chi connectivity index (χ2n) is 4.58. The number of fused-ring (bicyclic) bond motifs is 1. The molecule has 94 valence electrons. The topological polar surface area (TPSA) is 62.2 Å². The van der Waals surface area contributed by atoms with E-state index in [1.165, 1.54) is 0 Å². The Morgan fingerprint density at radius 1 is 1.28 bits per heavy atom. The van der Waals surface area contributed by atoms with Gasteiger partial charge in [-0.2, -0.15) is 0 Å². The van der Waals surface area contributed by atoms with E-state index in [1.807, 2.05) is 38.1 Å². The lowest BCUT2D eigenvalue weighted by molar-refractivity contribution is -0.138. The van der Waals surface area contributed by atoms with E-state index in [4.69, 9.17) is 0 Å². The van der Waals surface area contributed by atoms with Crippen molar-refractivity contribution in [1.82, 2.24) is 4.98 Å². The lowest BCUT2D eigenvalue weighted by atomic mass is 10.0. The number of pyridine rings is 1. The molecule has 0 saturated heterocycles. The van der Waals surface area contributed by atoms with Crippen molar-refractivity contribution in [1.29, 1.82) is 0 Å². The molecule has 4 nitrogen and oxygen atoms in total. The van der Waals surface area contributed by atoms with Gasteiger partial charge in [-0.3, -0.25) is 4.98 Å². The summed E-state index contributed by atoms with van der Waals surface area (Å²) in [6.45, 7) is 3.77. The van der Waals surface area contributed by atoms with E-state index in [0.717, 1.165) is 16.6 Å². The Labute approximate surface area is 106 Å². The number of hydrogen-bond donors (Lipinski definition) is 2. The van der Waals surface area contributed by atoms with Crippen molar-refractivity contribution in [3.8, 4) is 0 Å². The van der Waals surface area contributed by atoms with Crippen LogP contribution in [0.25, 0.3) is 10.9 Å². The molecule has 1 heterocycles. The summed E-state index contributed by atoms with van der Waals surface area (Å²) in [4.78, 5) is 15.5. The summed E-state index contributed by atoms with van der Waals surface area (Å²) in [6.07, 6.45) is 1.68. The number of carboxylic acids is 1. The van der Waals surface area contributed by atoms with Gasteiger partial charge in [0.25, 0.3) is 0 Å².